The number of unbranched alkanes of at least 4 members (excludes halogenated alkanes) is 11. The molecule has 0 aliphatic rings. The molecule has 0 rings (SSSR count). The number of carbonyl (C=O) groups is 3. The topological polar surface area (TPSA) is 212 Å². The number of aliphatic hydroxyl groups is 1. The summed E-state index contributed by atoms with van der Waals surface area (Å²) < 4.78 is 47.6. The molecule has 0 bridgehead atoms. The van der Waals surface area contributed by atoms with Crippen LogP contribution < -0.4 is 0 Å². The highest BCUT2D eigenvalue weighted by atomic mass is 31.2. The number of hydrogen-bond donors (Lipinski definition) is 4. The van der Waals surface area contributed by atoms with Crippen molar-refractivity contribution in [2.24, 2.45) is 5.92 Å². The molecule has 0 heterocycles. The van der Waals surface area contributed by atoms with E-state index in [1.807, 2.05) is 36.5 Å². The van der Waals surface area contributed by atoms with Crippen molar-refractivity contribution in [3.63, 3.8) is 0 Å². The van der Waals surface area contributed by atoms with E-state index < -0.39 is 66.2 Å². The zero-order valence-corrected chi connectivity index (χ0v) is 36.4. The number of allylic oxidation sites excluding steroid dienone is 8. The molecule has 0 saturated carbocycles. The summed E-state index contributed by atoms with van der Waals surface area (Å²) in [6.45, 7) is 3.77. The van der Waals surface area contributed by atoms with E-state index in [1.54, 1.807) is 12.2 Å². The molecule has 0 amide bonds. The molecule has 0 aromatic heterocycles. The van der Waals surface area contributed by atoms with Crippen LogP contribution in [0.1, 0.15) is 149 Å². The van der Waals surface area contributed by atoms with Crippen molar-refractivity contribution in [2.45, 2.75) is 161 Å². The Hall–Kier alpha value is -2.25. The number of ketones is 1. The highest BCUT2D eigenvalue weighted by Gasteiger charge is 2.28. The van der Waals surface area contributed by atoms with Gasteiger partial charge in [0.1, 0.15) is 12.7 Å². The molecular weight excluding hydrogens is 778 g/mol. The van der Waals surface area contributed by atoms with Gasteiger partial charge in [-0.1, -0.05) is 134 Å². The first kappa shape index (κ1) is 54.8. The van der Waals surface area contributed by atoms with E-state index in [2.05, 4.69) is 29.8 Å². The SMILES string of the molecule is CCCCCC(=O)/C=C/C=C\C/C=C\C/C=C\CCCC(=O)O[C@H](COC(=O)CCCCCCCCCCCC(C)C)COP(=O)(O)OC[C@@H](O)COP(=O)(O)O. The van der Waals surface area contributed by atoms with Crippen molar-refractivity contribution in [2.75, 3.05) is 26.4 Å². The molecule has 0 saturated heterocycles. The molecule has 16 heteroatoms. The molecule has 0 aromatic carbocycles. The first-order chi connectivity index (χ1) is 27.1. The summed E-state index contributed by atoms with van der Waals surface area (Å²) in [5, 5.41) is 9.72. The average Bonchev–Trinajstić information content (AvgIpc) is 3.14. The molecule has 57 heavy (non-hydrogen) atoms. The standard InChI is InChI=1S/C41H72O14P2/c1-4-5-22-28-37(42)29-24-19-15-11-7-6-8-12-17-21-26-31-41(45)55-39(35-54-57(49,50)53-33-38(43)32-52-56(46,47)48)34-51-40(44)30-25-20-16-13-9-10-14-18-23-27-36(2)3/h6-7,12,15,17,19,24,29,36,38-39,43H,4-5,8-11,13-14,16,18,20-23,25-28,30-35H2,1-3H3,(H,49,50)(H2,46,47,48)/b7-6-,17-12-,19-15-,29-24+/t38-,39+/m0/s1. The largest absolute Gasteiger partial charge is 0.472 e. The lowest BCUT2D eigenvalue weighted by Gasteiger charge is -2.20. The van der Waals surface area contributed by atoms with Crippen LogP contribution in [0.15, 0.2) is 48.6 Å². The Morgan fingerprint density at radius 2 is 1.18 bits per heavy atom. The third kappa shape index (κ3) is 40.3. The van der Waals surface area contributed by atoms with Crippen LogP contribution in [-0.2, 0) is 46.6 Å². The van der Waals surface area contributed by atoms with Gasteiger partial charge < -0.3 is 29.3 Å². The Balaban J connectivity index is 4.70. The molecule has 0 aliphatic heterocycles. The normalized spacial score (nSPS) is 14.6. The summed E-state index contributed by atoms with van der Waals surface area (Å²) in [6.07, 6.45) is 29.7. The van der Waals surface area contributed by atoms with E-state index in [0.29, 0.717) is 32.1 Å². The van der Waals surface area contributed by atoms with Gasteiger partial charge in [0.05, 0.1) is 19.8 Å². The van der Waals surface area contributed by atoms with E-state index >= 15 is 0 Å². The van der Waals surface area contributed by atoms with Crippen molar-refractivity contribution in [3.8, 4) is 0 Å². The Labute approximate surface area is 341 Å². The predicted molar refractivity (Wildman–Crippen MR) is 221 cm³/mol. The van der Waals surface area contributed by atoms with E-state index in [1.165, 1.54) is 38.5 Å². The third-order valence-corrected chi connectivity index (χ3v) is 9.80. The second kappa shape index (κ2) is 35.7. The lowest BCUT2D eigenvalue weighted by molar-refractivity contribution is -0.161. The summed E-state index contributed by atoms with van der Waals surface area (Å²) in [5.74, 6) is -0.242. The van der Waals surface area contributed by atoms with Crippen LogP contribution in [0.5, 0.6) is 0 Å². The van der Waals surface area contributed by atoms with Crippen LogP contribution in [0, 0.1) is 5.92 Å². The minimum atomic E-state index is -4.87. The van der Waals surface area contributed by atoms with Crippen LogP contribution >= 0.6 is 15.6 Å². The van der Waals surface area contributed by atoms with E-state index in [0.717, 1.165) is 50.9 Å². The van der Waals surface area contributed by atoms with Crippen LogP contribution in [0.4, 0.5) is 0 Å². The number of ether oxygens (including phenoxy) is 2. The van der Waals surface area contributed by atoms with Crippen molar-refractivity contribution in [3.05, 3.63) is 48.6 Å². The fraction of sp³-hybridized carbons (Fsp3) is 0.732. The number of esters is 2. The number of phosphoric acid groups is 2. The fourth-order valence-electron chi connectivity index (χ4n) is 5.18. The van der Waals surface area contributed by atoms with Crippen LogP contribution in [0.3, 0.4) is 0 Å². The zero-order valence-electron chi connectivity index (χ0n) is 34.6. The van der Waals surface area contributed by atoms with Gasteiger partial charge in [0.15, 0.2) is 11.9 Å². The van der Waals surface area contributed by atoms with Crippen molar-refractivity contribution in [1.82, 2.24) is 0 Å². The lowest BCUT2D eigenvalue weighted by atomic mass is 10.0. The summed E-state index contributed by atoms with van der Waals surface area (Å²) in [4.78, 5) is 64.2. The highest BCUT2D eigenvalue weighted by molar-refractivity contribution is 7.47. The third-order valence-electron chi connectivity index (χ3n) is 8.36. The molecule has 4 N–H and O–H groups in total. The second-order valence-electron chi connectivity index (χ2n) is 14.4. The Bertz CT molecular complexity index is 1270. The van der Waals surface area contributed by atoms with Gasteiger partial charge >= 0.3 is 27.6 Å². The quantitative estimate of drug-likeness (QED) is 0.0114. The van der Waals surface area contributed by atoms with Crippen LogP contribution in [0.2, 0.25) is 0 Å². The summed E-state index contributed by atoms with van der Waals surface area (Å²) in [5.41, 5.74) is 0. The maximum Gasteiger partial charge on any atom is 0.472 e. The fourth-order valence-corrected chi connectivity index (χ4v) is 6.34. The van der Waals surface area contributed by atoms with Gasteiger partial charge in [-0.25, -0.2) is 9.13 Å². The number of carbonyl (C=O) groups excluding carboxylic acids is 3. The summed E-state index contributed by atoms with van der Waals surface area (Å²) >= 11 is 0. The molecule has 3 atom stereocenters. The van der Waals surface area contributed by atoms with Crippen LogP contribution in [-0.4, -0.2) is 76.1 Å². The molecular formula is C41H72O14P2. The molecule has 14 nitrogen and oxygen atoms in total. The number of hydrogen-bond acceptors (Lipinski definition) is 11. The molecule has 0 aliphatic carbocycles. The van der Waals surface area contributed by atoms with Gasteiger partial charge in [0.2, 0.25) is 0 Å². The maximum absolute atomic E-state index is 12.6. The first-order valence-electron chi connectivity index (χ1n) is 20.6. The van der Waals surface area contributed by atoms with Gasteiger partial charge in [-0.3, -0.25) is 28.0 Å². The van der Waals surface area contributed by atoms with Crippen LogP contribution in [0.25, 0.3) is 0 Å². The number of aliphatic hydroxyl groups excluding tert-OH is 1. The Morgan fingerprint density at radius 3 is 1.82 bits per heavy atom. The zero-order chi connectivity index (χ0) is 42.6. The molecule has 0 fully saturated rings. The number of phosphoric ester groups is 2. The van der Waals surface area contributed by atoms with Gasteiger partial charge in [0, 0.05) is 19.3 Å². The minimum Gasteiger partial charge on any atom is -0.462 e. The highest BCUT2D eigenvalue weighted by Crippen LogP contribution is 2.43. The summed E-state index contributed by atoms with van der Waals surface area (Å²) in [6, 6.07) is 0. The smallest absolute Gasteiger partial charge is 0.462 e. The maximum atomic E-state index is 12.6. The first-order valence-corrected chi connectivity index (χ1v) is 23.7. The Kier molecular flexibility index (Phi) is 34.3. The monoisotopic (exact) mass is 850 g/mol. The van der Waals surface area contributed by atoms with E-state index in [4.69, 9.17) is 23.8 Å². The molecule has 0 spiro atoms. The number of rotatable bonds is 38. The summed E-state index contributed by atoms with van der Waals surface area (Å²) in [7, 11) is -9.71. The van der Waals surface area contributed by atoms with Crippen molar-refractivity contribution in [1.29, 1.82) is 0 Å². The molecule has 0 radical (unpaired) electrons. The lowest BCUT2D eigenvalue weighted by Crippen LogP contribution is -2.29. The van der Waals surface area contributed by atoms with Gasteiger partial charge in [0.25, 0.3) is 0 Å². The second-order valence-corrected chi connectivity index (χ2v) is 17.1. The average molecular weight is 851 g/mol. The predicted octanol–water partition coefficient (Wildman–Crippen LogP) is 9.32. The van der Waals surface area contributed by atoms with E-state index in [-0.39, 0.29) is 18.6 Å². The minimum absolute atomic E-state index is 0.0288. The molecule has 1 unspecified atom stereocenters. The van der Waals surface area contributed by atoms with Crippen molar-refractivity contribution >= 4 is 33.4 Å². The van der Waals surface area contributed by atoms with Gasteiger partial charge in [-0.05, 0) is 50.5 Å². The molecule has 330 valence electrons. The van der Waals surface area contributed by atoms with Gasteiger partial charge in [-0.15, -0.1) is 0 Å². The van der Waals surface area contributed by atoms with Gasteiger partial charge in [-0.2, -0.15) is 0 Å². The molecule has 0 aromatic rings. The van der Waals surface area contributed by atoms with E-state index in [9.17, 15) is 33.5 Å². The van der Waals surface area contributed by atoms with Crippen molar-refractivity contribution < 1.29 is 66.3 Å². The Morgan fingerprint density at radius 1 is 0.614 bits per heavy atom.